The number of nitrogens with zero attached hydrogens (tertiary/aromatic N) is 2. The van der Waals surface area contributed by atoms with Gasteiger partial charge in [0.2, 0.25) is 11.8 Å². The maximum absolute atomic E-state index is 11.5. The first-order chi connectivity index (χ1) is 11.0. The van der Waals surface area contributed by atoms with Gasteiger partial charge in [-0.05, 0) is 56.1 Å². The highest BCUT2D eigenvalue weighted by molar-refractivity contribution is 9.10. The molecule has 8 nitrogen and oxygen atoms in total. The third-order valence-electron chi connectivity index (χ3n) is 2.27. The summed E-state index contributed by atoms with van der Waals surface area (Å²) in [6.45, 7) is 0. The second-order valence-corrected chi connectivity index (χ2v) is 5.61. The van der Waals surface area contributed by atoms with Gasteiger partial charge in [0.1, 0.15) is 17.9 Å². The number of hydrogen-bond donors (Lipinski definition) is 2. The summed E-state index contributed by atoms with van der Waals surface area (Å²) < 4.78 is 11.4. The number of furan rings is 2. The Morgan fingerprint density at radius 3 is 1.70 bits per heavy atom. The quantitative estimate of drug-likeness (QED) is 0.404. The zero-order chi connectivity index (χ0) is 16.7. The molecule has 2 rings (SSSR count). The van der Waals surface area contributed by atoms with Gasteiger partial charge in [0, 0.05) is 0 Å². The van der Waals surface area contributed by atoms with E-state index < -0.39 is 18.2 Å². The number of halogens is 2. The highest BCUT2D eigenvalue weighted by Crippen LogP contribution is 2.12. The van der Waals surface area contributed by atoms with Crippen molar-refractivity contribution in [2.75, 3.05) is 0 Å². The minimum Gasteiger partial charge on any atom is -0.448 e. The van der Waals surface area contributed by atoms with Crippen LogP contribution in [0.1, 0.15) is 17.9 Å². The van der Waals surface area contributed by atoms with Crippen LogP contribution < -0.4 is 10.9 Å². The fourth-order valence-electron chi connectivity index (χ4n) is 1.36. The fourth-order valence-corrected chi connectivity index (χ4v) is 1.99. The molecule has 2 N–H and O–H groups in total. The highest BCUT2D eigenvalue weighted by Gasteiger charge is 2.07. The molecule has 2 aromatic heterocycles. The number of hydrogen-bond acceptors (Lipinski definition) is 6. The number of rotatable bonds is 6. The van der Waals surface area contributed by atoms with Crippen molar-refractivity contribution in [1.82, 2.24) is 10.9 Å². The molecule has 0 aliphatic heterocycles. The third-order valence-corrected chi connectivity index (χ3v) is 3.12. The van der Waals surface area contributed by atoms with E-state index in [9.17, 15) is 9.59 Å². The van der Waals surface area contributed by atoms with Crippen LogP contribution in [0.4, 0.5) is 0 Å². The van der Waals surface area contributed by atoms with Crippen LogP contribution in [-0.4, -0.2) is 24.2 Å². The minimum atomic E-state index is -0.583. The van der Waals surface area contributed by atoms with Crippen LogP contribution in [-0.2, 0) is 9.59 Å². The summed E-state index contributed by atoms with van der Waals surface area (Å²) in [4.78, 5) is 23.0. The smallest absolute Gasteiger partial charge is 0.249 e. The van der Waals surface area contributed by atoms with Gasteiger partial charge < -0.3 is 8.83 Å². The fraction of sp³-hybridized carbons (Fsp3) is 0.0769. The zero-order valence-electron chi connectivity index (χ0n) is 11.5. The molecule has 0 bridgehead atoms. The predicted molar refractivity (Wildman–Crippen MR) is 88.9 cm³/mol. The average Bonchev–Trinajstić information content (AvgIpc) is 3.07. The molecule has 0 spiro atoms. The Morgan fingerprint density at radius 2 is 1.35 bits per heavy atom. The molecule has 0 saturated heterocycles. The molecule has 0 fully saturated rings. The van der Waals surface area contributed by atoms with E-state index in [0.29, 0.717) is 20.9 Å². The van der Waals surface area contributed by atoms with Crippen LogP contribution in [0.5, 0.6) is 0 Å². The molecule has 0 aliphatic rings. The lowest BCUT2D eigenvalue weighted by atomic mass is 10.4. The van der Waals surface area contributed by atoms with E-state index in [2.05, 4.69) is 52.9 Å². The van der Waals surface area contributed by atoms with Crippen LogP contribution in [0, 0.1) is 0 Å². The largest absolute Gasteiger partial charge is 0.448 e. The lowest BCUT2D eigenvalue weighted by Crippen LogP contribution is -2.27. The Bertz CT molecular complexity index is 688. The Kier molecular flexibility index (Phi) is 6.29. The normalized spacial score (nSPS) is 11.2. The summed E-state index contributed by atoms with van der Waals surface area (Å²) >= 11 is 6.27. The predicted octanol–water partition coefficient (Wildman–Crippen LogP) is 2.39. The standard InChI is InChI=1S/C13H10Br2N4O4/c14-10-3-1-8(22-10)6-16-18-12(20)5-13(21)19-17-7-9-2-4-11(15)23-9/h1-4,6-7H,5H2,(H,18,20)(H,19,21). The van der Waals surface area contributed by atoms with E-state index in [0.717, 1.165) is 0 Å². The van der Waals surface area contributed by atoms with Gasteiger partial charge in [-0.2, -0.15) is 10.2 Å². The Morgan fingerprint density at radius 1 is 0.913 bits per heavy atom. The summed E-state index contributed by atoms with van der Waals surface area (Å²) in [6, 6.07) is 6.70. The van der Waals surface area contributed by atoms with Crippen molar-refractivity contribution in [2.45, 2.75) is 6.42 Å². The van der Waals surface area contributed by atoms with Crippen molar-refractivity contribution in [3.63, 3.8) is 0 Å². The van der Waals surface area contributed by atoms with E-state index in [1.54, 1.807) is 24.3 Å². The monoisotopic (exact) mass is 444 g/mol. The molecule has 23 heavy (non-hydrogen) atoms. The van der Waals surface area contributed by atoms with Crippen molar-refractivity contribution >= 4 is 56.1 Å². The Balaban J connectivity index is 1.71. The lowest BCUT2D eigenvalue weighted by molar-refractivity contribution is -0.129. The van der Waals surface area contributed by atoms with Gasteiger partial charge in [-0.1, -0.05) is 0 Å². The number of amides is 2. The summed E-state index contributed by atoms with van der Waals surface area (Å²) in [5.41, 5.74) is 4.40. The van der Waals surface area contributed by atoms with Crippen LogP contribution in [0.25, 0.3) is 0 Å². The van der Waals surface area contributed by atoms with Crippen molar-refractivity contribution in [3.8, 4) is 0 Å². The van der Waals surface area contributed by atoms with E-state index in [1.165, 1.54) is 12.4 Å². The van der Waals surface area contributed by atoms with Gasteiger partial charge in [-0.3, -0.25) is 9.59 Å². The first-order valence-corrected chi connectivity index (χ1v) is 7.76. The molecule has 0 saturated carbocycles. The Hall–Kier alpha value is -2.20. The van der Waals surface area contributed by atoms with E-state index in [4.69, 9.17) is 8.83 Å². The van der Waals surface area contributed by atoms with Crippen molar-refractivity contribution < 1.29 is 18.4 Å². The zero-order valence-corrected chi connectivity index (χ0v) is 14.6. The van der Waals surface area contributed by atoms with Gasteiger partial charge in [0.05, 0.1) is 12.4 Å². The van der Waals surface area contributed by atoms with Crippen LogP contribution in [0.2, 0.25) is 0 Å². The molecule has 0 atom stereocenters. The molecule has 2 heterocycles. The molecule has 0 aliphatic carbocycles. The molecular weight excluding hydrogens is 436 g/mol. The van der Waals surface area contributed by atoms with Crippen molar-refractivity contribution in [3.05, 3.63) is 45.1 Å². The molecule has 0 unspecified atom stereocenters. The topological polar surface area (TPSA) is 109 Å². The van der Waals surface area contributed by atoms with Crippen molar-refractivity contribution in [1.29, 1.82) is 0 Å². The highest BCUT2D eigenvalue weighted by atomic mass is 79.9. The third kappa shape index (κ3) is 6.20. The molecular formula is C13H10Br2N4O4. The second kappa shape index (κ2) is 8.44. The SMILES string of the molecule is O=C(CC(=O)NN=Cc1ccc(Br)o1)NN=Cc1ccc(Br)o1. The second-order valence-electron chi connectivity index (χ2n) is 4.05. The number of carbonyl (C=O) groups excluding carboxylic acids is 2. The molecule has 2 amide bonds. The number of nitrogens with one attached hydrogen (secondary N) is 2. The number of hydrazone groups is 2. The molecule has 0 aromatic carbocycles. The van der Waals surface area contributed by atoms with Crippen LogP contribution >= 0.6 is 31.9 Å². The lowest BCUT2D eigenvalue weighted by Gasteiger charge is -1.98. The molecule has 0 radical (unpaired) electrons. The Labute approximate surface area is 147 Å². The van der Waals surface area contributed by atoms with Gasteiger partial charge in [0.15, 0.2) is 9.34 Å². The number of carbonyl (C=O) groups is 2. The van der Waals surface area contributed by atoms with E-state index >= 15 is 0 Å². The van der Waals surface area contributed by atoms with Gasteiger partial charge in [-0.15, -0.1) is 0 Å². The minimum absolute atomic E-state index is 0.418. The van der Waals surface area contributed by atoms with Gasteiger partial charge >= 0.3 is 0 Å². The summed E-state index contributed by atoms with van der Waals surface area (Å²) in [7, 11) is 0. The first-order valence-electron chi connectivity index (χ1n) is 6.17. The summed E-state index contributed by atoms with van der Waals surface area (Å²) in [6.07, 6.45) is 2.21. The van der Waals surface area contributed by atoms with E-state index in [-0.39, 0.29) is 0 Å². The van der Waals surface area contributed by atoms with Crippen LogP contribution in [0.3, 0.4) is 0 Å². The molecule has 2 aromatic rings. The maximum atomic E-state index is 11.5. The summed E-state index contributed by atoms with van der Waals surface area (Å²) in [5.74, 6) is -0.257. The average molecular weight is 446 g/mol. The van der Waals surface area contributed by atoms with Crippen molar-refractivity contribution in [2.24, 2.45) is 10.2 Å². The maximum Gasteiger partial charge on any atom is 0.249 e. The van der Waals surface area contributed by atoms with Crippen LogP contribution in [0.15, 0.2) is 52.6 Å². The van der Waals surface area contributed by atoms with E-state index in [1.807, 2.05) is 0 Å². The molecule has 10 heteroatoms. The summed E-state index contributed by atoms with van der Waals surface area (Å²) in [5, 5.41) is 7.32. The van der Waals surface area contributed by atoms with Gasteiger partial charge in [0.25, 0.3) is 0 Å². The van der Waals surface area contributed by atoms with Gasteiger partial charge in [-0.25, -0.2) is 10.9 Å². The first kappa shape index (κ1) is 17.2. The molecule has 120 valence electrons.